The van der Waals surface area contributed by atoms with Crippen LogP contribution in [0, 0.1) is 0 Å². The molecular weight excluding hydrogens is 542 g/mol. The van der Waals surface area contributed by atoms with Gasteiger partial charge in [-0.1, -0.05) is 12.1 Å². The number of nitrogens with one attached hydrogen (secondary N) is 2. The number of alkyl halides is 3. The number of nitrogens with zero attached hydrogens (tertiary/aromatic N) is 3. The highest BCUT2D eigenvalue weighted by Gasteiger charge is 2.33. The van der Waals surface area contributed by atoms with Gasteiger partial charge in [0.15, 0.2) is 11.7 Å². The second kappa shape index (κ2) is 11.7. The predicted molar refractivity (Wildman–Crippen MR) is 129 cm³/mol. The quantitative estimate of drug-likeness (QED) is 0.298. The first-order valence-corrected chi connectivity index (χ1v) is 10.7. The van der Waals surface area contributed by atoms with E-state index in [0.29, 0.717) is 30.5 Å². The lowest BCUT2D eigenvalue weighted by Crippen LogP contribution is -2.44. The van der Waals surface area contributed by atoms with E-state index in [9.17, 15) is 13.2 Å². The molecule has 2 heterocycles. The average molecular weight is 569 g/mol. The number of aromatic nitrogens is 1. The molecule has 3 rings (SSSR count). The van der Waals surface area contributed by atoms with Gasteiger partial charge in [0.2, 0.25) is 0 Å². The molecule has 1 aromatic heterocycles. The maximum Gasteiger partial charge on any atom is 0.434 e. The molecule has 1 atom stereocenters. The monoisotopic (exact) mass is 569 g/mol. The van der Waals surface area contributed by atoms with Crippen LogP contribution in [0.2, 0.25) is 0 Å². The van der Waals surface area contributed by atoms with E-state index < -0.39 is 11.9 Å². The van der Waals surface area contributed by atoms with Gasteiger partial charge in [0.05, 0.1) is 17.8 Å². The van der Waals surface area contributed by atoms with Gasteiger partial charge >= 0.3 is 6.18 Å². The minimum absolute atomic E-state index is 0. The van der Waals surface area contributed by atoms with Gasteiger partial charge in [-0.3, -0.25) is 4.99 Å². The van der Waals surface area contributed by atoms with Crippen LogP contribution in [0.4, 0.5) is 18.9 Å². The van der Waals surface area contributed by atoms with Gasteiger partial charge in [0.25, 0.3) is 0 Å². The van der Waals surface area contributed by atoms with Gasteiger partial charge in [0, 0.05) is 44.0 Å². The molecule has 0 spiro atoms. The zero-order valence-corrected chi connectivity index (χ0v) is 20.6. The first-order valence-electron chi connectivity index (χ1n) is 9.85. The van der Waals surface area contributed by atoms with Gasteiger partial charge in [-0.05, 0) is 25.5 Å². The number of para-hydroxylation sites is 2. The molecular formula is C20H27F3IN5OS. The van der Waals surface area contributed by atoms with Gasteiger partial charge in [-0.25, -0.2) is 4.98 Å². The fourth-order valence-corrected chi connectivity index (χ4v) is 4.11. The van der Waals surface area contributed by atoms with Crippen molar-refractivity contribution >= 4 is 47.0 Å². The molecule has 0 amide bonds. The molecule has 1 aromatic carbocycles. The summed E-state index contributed by atoms with van der Waals surface area (Å²) in [5.41, 5.74) is 0.231. The molecule has 1 fully saturated rings. The number of halogens is 4. The third-order valence-electron chi connectivity index (χ3n) is 4.74. The Morgan fingerprint density at radius 3 is 2.81 bits per heavy atom. The van der Waals surface area contributed by atoms with E-state index >= 15 is 0 Å². The van der Waals surface area contributed by atoms with E-state index in [1.165, 1.54) is 0 Å². The van der Waals surface area contributed by atoms with Crippen LogP contribution in [0.5, 0.6) is 5.75 Å². The van der Waals surface area contributed by atoms with Crippen LogP contribution in [0.1, 0.15) is 24.0 Å². The van der Waals surface area contributed by atoms with E-state index in [2.05, 4.69) is 25.5 Å². The highest BCUT2D eigenvalue weighted by atomic mass is 127. The summed E-state index contributed by atoms with van der Waals surface area (Å²) in [6.45, 7) is 4.75. The molecule has 2 aromatic rings. The van der Waals surface area contributed by atoms with Crippen LogP contribution in [-0.2, 0) is 12.6 Å². The Morgan fingerprint density at radius 2 is 2.13 bits per heavy atom. The van der Waals surface area contributed by atoms with E-state index in [-0.39, 0.29) is 30.0 Å². The Hall–Kier alpha value is -1.76. The summed E-state index contributed by atoms with van der Waals surface area (Å²) in [5, 5.41) is 8.11. The molecule has 172 valence electrons. The number of benzene rings is 1. The lowest BCUT2D eigenvalue weighted by molar-refractivity contribution is -0.140. The molecule has 0 bridgehead atoms. The number of guanidine groups is 1. The summed E-state index contributed by atoms with van der Waals surface area (Å²) in [6, 6.07) is 8.15. The third-order valence-corrected chi connectivity index (χ3v) is 5.65. The van der Waals surface area contributed by atoms with Crippen LogP contribution in [0.25, 0.3) is 0 Å². The third kappa shape index (κ3) is 7.13. The van der Waals surface area contributed by atoms with Gasteiger partial charge in [-0.2, -0.15) is 13.2 Å². The van der Waals surface area contributed by atoms with E-state index in [1.54, 1.807) is 7.11 Å². The minimum Gasteiger partial charge on any atom is -0.495 e. The number of hydrogen-bond donors (Lipinski definition) is 2. The Kier molecular flexibility index (Phi) is 9.66. The van der Waals surface area contributed by atoms with Crippen LogP contribution in [0.15, 0.2) is 34.6 Å². The van der Waals surface area contributed by atoms with Crippen LogP contribution in [-0.4, -0.2) is 50.3 Å². The summed E-state index contributed by atoms with van der Waals surface area (Å²) in [5.74, 6) is 1.51. The maximum atomic E-state index is 12.7. The highest BCUT2D eigenvalue weighted by molar-refractivity contribution is 14.0. The summed E-state index contributed by atoms with van der Waals surface area (Å²) in [4.78, 5) is 10.4. The number of ether oxygens (including phenoxy) is 1. The van der Waals surface area contributed by atoms with E-state index in [1.807, 2.05) is 31.2 Å². The van der Waals surface area contributed by atoms with Crippen LogP contribution < -0.4 is 20.3 Å². The molecule has 6 nitrogen and oxygen atoms in total. The first kappa shape index (κ1) is 25.5. The number of rotatable bonds is 7. The summed E-state index contributed by atoms with van der Waals surface area (Å²) >= 11 is 1.02. The zero-order chi connectivity index (χ0) is 21.6. The zero-order valence-electron chi connectivity index (χ0n) is 17.4. The minimum atomic E-state index is -4.40. The van der Waals surface area contributed by atoms with Crippen molar-refractivity contribution in [3.8, 4) is 5.75 Å². The van der Waals surface area contributed by atoms with Crippen molar-refractivity contribution in [3.05, 3.63) is 40.3 Å². The summed E-state index contributed by atoms with van der Waals surface area (Å²) in [6.07, 6.45) is -3.08. The maximum absolute atomic E-state index is 12.7. The van der Waals surface area contributed by atoms with Gasteiger partial charge < -0.3 is 20.3 Å². The molecule has 0 aliphatic carbocycles. The number of aliphatic imine (C=N–C) groups is 1. The van der Waals surface area contributed by atoms with Gasteiger partial charge in [-0.15, -0.1) is 35.3 Å². The first-order chi connectivity index (χ1) is 14.4. The molecule has 1 aliphatic heterocycles. The second-order valence-corrected chi connectivity index (χ2v) is 7.83. The van der Waals surface area contributed by atoms with Crippen molar-refractivity contribution in [1.82, 2.24) is 15.6 Å². The molecule has 1 aliphatic rings. The smallest absolute Gasteiger partial charge is 0.434 e. The number of hydrogen-bond acceptors (Lipinski definition) is 5. The van der Waals surface area contributed by atoms with Crippen molar-refractivity contribution in [1.29, 1.82) is 0 Å². The molecule has 31 heavy (non-hydrogen) atoms. The largest absolute Gasteiger partial charge is 0.495 e. The van der Waals surface area contributed by atoms with Crippen molar-refractivity contribution in [2.24, 2.45) is 4.99 Å². The Balaban J connectivity index is 0.00000341. The number of methoxy groups -OCH3 is 1. The number of anilines is 1. The Bertz CT molecular complexity index is 861. The molecule has 0 radical (unpaired) electrons. The van der Waals surface area contributed by atoms with E-state index in [0.717, 1.165) is 47.7 Å². The highest BCUT2D eigenvalue weighted by Crippen LogP contribution is 2.31. The Morgan fingerprint density at radius 1 is 1.35 bits per heavy atom. The topological polar surface area (TPSA) is 61.8 Å². The molecule has 1 unspecified atom stereocenters. The van der Waals surface area contributed by atoms with E-state index in [4.69, 9.17) is 4.74 Å². The van der Waals surface area contributed by atoms with Crippen LogP contribution >= 0.6 is 35.3 Å². The SMILES string of the molecule is CCNC(=NCCc1nc(C(F)(F)F)cs1)NC1CCN(c2ccccc2OC)C1.I. The average Bonchev–Trinajstić information content (AvgIpc) is 3.37. The van der Waals surface area contributed by atoms with Crippen molar-refractivity contribution < 1.29 is 17.9 Å². The second-order valence-electron chi connectivity index (χ2n) is 6.88. The molecule has 0 saturated carbocycles. The molecule has 2 N–H and O–H groups in total. The Labute approximate surface area is 201 Å². The standard InChI is InChI=1S/C20H26F3N5OS.HI/c1-3-24-19(25-10-8-18-27-17(13-30-18)20(21,22)23)26-14-9-11-28(12-14)15-6-4-5-7-16(15)29-2;/h4-7,13-14H,3,8-12H2,1-2H3,(H2,24,25,26);1H. The summed E-state index contributed by atoms with van der Waals surface area (Å²) in [7, 11) is 1.67. The number of thiazole rings is 1. The molecule has 1 saturated heterocycles. The predicted octanol–water partition coefficient (Wildman–Crippen LogP) is 4.17. The van der Waals surface area contributed by atoms with Crippen LogP contribution in [0.3, 0.4) is 0 Å². The fourth-order valence-electron chi connectivity index (χ4n) is 3.32. The lowest BCUT2D eigenvalue weighted by atomic mass is 10.2. The van der Waals surface area contributed by atoms with Gasteiger partial charge in [0.1, 0.15) is 5.75 Å². The normalized spacial score (nSPS) is 16.7. The summed E-state index contributed by atoms with van der Waals surface area (Å²) < 4.78 is 43.5. The van der Waals surface area contributed by atoms with Crippen molar-refractivity contribution in [3.63, 3.8) is 0 Å². The van der Waals surface area contributed by atoms with Crippen molar-refractivity contribution in [2.75, 3.05) is 38.2 Å². The van der Waals surface area contributed by atoms with Crippen molar-refractivity contribution in [2.45, 2.75) is 32.0 Å². The molecule has 11 heteroatoms. The lowest BCUT2D eigenvalue weighted by Gasteiger charge is -2.22. The fraction of sp³-hybridized carbons (Fsp3) is 0.500.